The van der Waals surface area contributed by atoms with Crippen molar-refractivity contribution in [2.75, 3.05) is 43.1 Å². The summed E-state index contributed by atoms with van der Waals surface area (Å²) >= 11 is 7.04. The molecule has 0 radical (unpaired) electrons. The molecule has 3 amide bonds. The molecule has 2 heterocycles. The van der Waals surface area contributed by atoms with Gasteiger partial charge in [-0.05, 0) is 49.6 Å². The lowest BCUT2D eigenvalue weighted by atomic mass is 9.85. The van der Waals surface area contributed by atoms with Crippen molar-refractivity contribution in [2.24, 2.45) is 5.92 Å². The van der Waals surface area contributed by atoms with E-state index in [-0.39, 0.29) is 55.2 Å². The van der Waals surface area contributed by atoms with Crippen LogP contribution >= 0.6 is 22.9 Å². The number of ether oxygens (including phenoxy) is 2. The summed E-state index contributed by atoms with van der Waals surface area (Å²) in [5.74, 6) is -0.983. The Morgan fingerprint density at radius 3 is 2.70 bits per heavy atom. The fourth-order valence-electron chi connectivity index (χ4n) is 3.99. The maximum Gasteiger partial charge on any atom is 0.387 e. The average molecular weight is 557 g/mol. The average Bonchev–Trinajstić information content (AvgIpc) is 3.26. The number of carbonyl (C=O) groups excluding carboxylic acids is 3. The minimum absolute atomic E-state index is 0.00760. The van der Waals surface area contributed by atoms with Crippen LogP contribution in [0.4, 0.5) is 20.2 Å². The molecule has 1 aromatic heterocycles. The van der Waals surface area contributed by atoms with E-state index < -0.39 is 18.6 Å². The minimum Gasteiger partial charge on any atom is -0.433 e. The van der Waals surface area contributed by atoms with E-state index in [1.807, 2.05) is 0 Å². The SMILES string of the molecule is O=C(NC[C@@H](NCC1CCC1)C(=O)Nc1ccc(N2CCOCC2=O)c(OC(F)F)c1)c1ccc(Cl)s1. The van der Waals surface area contributed by atoms with Gasteiger partial charge in [-0.15, -0.1) is 11.3 Å². The number of nitrogens with one attached hydrogen (secondary N) is 3. The fourth-order valence-corrected chi connectivity index (χ4v) is 4.95. The van der Waals surface area contributed by atoms with Crippen LogP contribution in [0.2, 0.25) is 4.34 Å². The molecule has 1 aromatic carbocycles. The first-order chi connectivity index (χ1) is 17.8. The molecule has 1 aliphatic carbocycles. The van der Waals surface area contributed by atoms with Crippen molar-refractivity contribution in [1.82, 2.24) is 10.6 Å². The summed E-state index contributed by atoms with van der Waals surface area (Å²) in [5, 5.41) is 8.65. The van der Waals surface area contributed by atoms with Crippen molar-refractivity contribution in [1.29, 1.82) is 0 Å². The van der Waals surface area contributed by atoms with Gasteiger partial charge in [0.05, 0.1) is 21.5 Å². The van der Waals surface area contributed by atoms with Crippen LogP contribution in [0.15, 0.2) is 30.3 Å². The zero-order valence-corrected chi connectivity index (χ0v) is 21.4. The Bertz CT molecular complexity index is 1130. The maximum absolute atomic E-state index is 13.1. The Morgan fingerprint density at radius 1 is 1.24 bits per heavy atom. The zero-order chi connectivity index (χ0) is 26.4. The summed E-state index contributed by atoms with van der Waals surface area (Å²) in [6, 6.07) is 6.63. The van der Waals surface area contributed by atoms with E-state index in [4.69, 9.17) is 16.3 Å². The van der Waals surface area contributed by atoms with Crippen LogP contribution in [0, 0.1) is 5.92 Å². The molecule has 0 spiro atoms. The molecule has 0 bridgehead atoms. The first kappa shape index (κ1) is 27.2. The molecule has 1 atom stereocenters. The summed E-state index contributed by atoms with van der Waals surface area (Å²) in [5.41, 5.74) is 0.366. The van der Waals surface area contributed by atoms with Crippen LogP contribution in [0.5, 0.6) is 5.75 Å². The number of amides is 3. The normalized spacial score (nSPS) is 16.9. The van der Waals surface area contributed by atoms with Gasteiger partial charge in [-0.3, -0.25) is 14.4 Å². The summed E-state index contributed by atoms with van der Waals surface area (Å²) in [7, 11) is 0. The molecular weight excluding hydrogens is 530 g/mol. The Hall–Kier alpha value is -2.80. The van der Waals surface area contributed by atoms with E-state index in [0.717, 1.165) is 30.6 Å². The highest BCUT2D eigenvalue weighted by atomic mass is 35.5. The van der Waals surface area contributed by atoms with Crippen molar-refractivity contribution in [3.8, 4) is 5.75 Å². The lowest BCUT2D eigenvalue weighted by molar-refractivity contribution is -0.125. The molecule has 9 nitrogen and oxygen atoms in total. The van der Waals surface area contributed by atoms with Gasteiger partial charge in [-0.25, -0.2) is 0 Å². The molecule has 1 saturated carbocycles. The van der Waals surface area contributed by atoms with Crippen molar-refractivity contribution in [3.05, 3.63) is 39.5 Å². The number of morpholine rings is 1. The molecule has 4 rings (SSSR count). The molecular formula is C24H27ClF2N4O5S. The molecule has 2 fully saturated rings. The Morgan fingerprint density at radius 2 is 2.05 bits per heavy atom. The van der Waals surface area contributed by atoms with Crippen LogP contribution in [0.3, 0.4) is 0 Å². The highest BCUT2D eigenvalue weighted by Gasteiger charge is 2.27. The first-order valence-corrected chi connectivity index (χ1v) is 13.0. The Labute approximate surface area is 221 Å². The molecule has 2 aliphatic rings. The molecule has 3 N–H and O–H groups in total. The van der Waals surface area contributed by atoms with Crippen LogP contribution in [0.1, 0.15) is 28.9 Å². The molecule has 37 heavy (non-hydrogen) atoms. The van der Waals surface area contributed by atoms with Crippen molar-refractivity contribution in [3.63, 3.8) is 0 Å². The lowest BCUT2D eigenvalue weighted by Crippen LogP contribution is -2.50. The molecule has 200 valence electrons. The number of nitrogens with zero attached hydrogens (tertiary/aromatic N) is 1. The number of rotatable bonds is 11. The number of carbonyl (C=O) groups is 3. The maximum atomic E-state index is 13.1. The van der Waals surface area contributed by atoms with E-state index in [9.17, 15) is 23.2 Å². The smallest absolute Gasteiger partial charge is 0.387 e. The van der Waals surface area contributed by atoms with E-state index in [0.29, 0.717) is 21.7 Å². The monoisotopic (exact) mass is 556 g/mol. The topological polar surface area (TPSA) is 109 Å². The lowest BCUT2D eigenvalue weighted by Gasteiger charge is -2.29. The van der Waals surface area contributed by atoms with Gasteiger partial charge < -0.3 is 30.3 Å². The van der Waals surface area contributed by atoms with E-state index in [1.165, 1.54) is 23.1 Å². The Kier molecular flexibility index (Phi) is 9.30. The second-order valence-corrected chi connectivity index (χ2v) is 10.4. The predicted molar refractivity (Wildman–Crippen MR) is 136 cm³/mol. The summed E-state index contributed by atoms with van der Waals surface area (Å²) < 4.78 is 36.5. The van der Waals surface area contributed by atoms with Gasteiger partial charge >= 0.3 is 6.61 Å². The standard InChI is InChI=1S/C24H27ClF2N4O5S/c25-20-7-6-19(37-20)23(34)29-12-16(28-11-14-2-1-3-14)22(33)30-15-4-5-17(18(10-15)36-24(26)27)31-8-9-35-13-21(31)32/h4-7,10,14,16,24,28H,1-3,8-9,11-13H2,(H,29,34)(H,30,33)/t16-/m1/s1. The van der Waals surface area contributed by atoms with Crippen LogP contribution < -0.4 is 25.6 Å². The highest BCUT2D eigenvalue weighted by Crippen LogP contribution is 2.34. The summed E-state index contributed by atoms with van der Waals surface area (Å²) in [4.78, 5) is 39.5. The number of benzene rings is 1. The number of hydrogen-bond acceptors (Lipinski definition) is 7. The van der Waals surface area contributed by atoms with Crippen LogP contribution in [-0.4, -0.2) is 63.2 Å². The summed E-state index contributed by atoms with van der Waals surface area (Å²) in [6.07, 6.45) is 3.28. The molecule has 2 aromatic rings. The largest absolute Gasteiger partial charge is 0.433 e. The second-order valence-electron chi connectivity index (χ2n) is 8.72. The second kappa shape index (κ2) is 12.6. The van der Waals surface area contributed by atoms with Crippen molar-refractivity contribution >= 4 is 52.0 Å². The third-order valence-corrected chi connectivity index (χ3v) is 7.41. The van der Waals surface area contributed by atoms with Crippen LogP contribution in [-0.2, 0) is 14.3 Å². The minimum atomic E-state index is -3.13. The number of alkyl halides is 2. The van der Waals surface area contributed by atoms with Crippen LogP contribution in [0.25, 0.3) is 0 Å². The molecule has 1 saturated heterocycles. The molecule has 0 unspecified atom stereocenters. The van der Waals surface area contributed by atoms with Gasteiger partial charge in [-0.2, -0.15) is 8.78 Å². The zero-order valence-electron chi connectivity index (χ0n) is 19.8. The number of anilines is 2. The number of thiophene rings is 1. The van der Waals surface area contributed by atoms with Crippen molar-refractivity contribution in [2.45, 2.75) is 31.9 Å². The van der Waals surface area contributed by atoms with Gasteiger partial charge in [0.25, 0.3) is 11.8 Å². The van der Waals surface area contributed by atoms with E-state index >= 15 is 0 Å². The molecule has 13 heteroatoms. The third kappa shape index (κ3) is 7.37. The van der Waals surface area contributed by atoms with Gasteiger partial charge in [0.1, 0.15) is 12.6 Å². The predicted octanol–water partition coefficient (Wildman–Crippen LogP) is 3.49. The number of hydrogen-bond donors (Lipinski definition) is 3. The molecule has 1 aliphatic heterocycles. The van der Waals surface area contributed by atoms with Gasteiger partial charge in [0, 0.05) is 24.8 Å². The number of halogens is 3. The van der Waals surface area contributed by atoms with Gasteiger partial charge in [-0.1, -0.05) is 18.0 Å². The van der Waals surface area contributed by atoms with E-state index in [2.05, 4.69) is 20.7 Å². The third-order valence-electron chi connectivity index (χ3n) is 6.18. The van der Waals surface area contributed by atoms with Gasteiger partial charge in [0.2, 0.25) is 5.91 Å². The Balaban J connectivity index is 1.46. The van der Waals surface area contributed by atoms with Gasteiger partial charge in [0.15, 0.2) is 5.75 Å². The quantitative estimate of drug-likeness (QED) is 0.391. The highest BCUT2D eigenvalue weighted by molar-refractivity contribution is 7.18. The van der Waals surface area contributed by atoms with Crippen molar-refractivity contribution < 1.29 is 32.6 Å². The summed E-state index contributed by atoms with van der Waals surface area (Å²) in [6.45, 7) is -2.23. The first-order valence-electron chi connectivity index (χ1n) is 11.8. The fraction of sp³-hybridized carbons (Fsp3) is 0.458. The van der Waals surface area contributed by atoms with E-state index in [1.54, 1.807) is 12.1 Å².